The number of phenolic OH excluding ortho intramolecular Hbond substituents is 1. The van der Waals surface area contributed by atoms with Gasteiger partial charge in [-0.1, -0.05) is 12.2 Å². The van der Waals surface area contributed by atoms with Crippen LogP contribution in [0.3, 0.4) is 0 Å². The van der Waals surface area contributed by atoms with Crippen molar-refractivity contribution in [2.24, 2.45) is 0 Å². The van der Waals surface area contributed by atoms with Crippen molar-refractivity contribution in [3.63, 3.8) is 0 Å². The number of hydrogen-bond donors (Lipinski definition) is 2. The Morgan fingerprint density at radius 2 is 1.24 bits per heavy atom. The first-order chi connectivity index (χ1) is 13.6. The molecule has 2 rings (SSSR count). The Bertz CT molecular complexity index is 571. The number of rotatable bonds is 2. The molecule has 1 aromatic rings. The molecule has 7 nitrogen and oxygen atoms in total. The van der Waals surface area contributed by atoms with E-state index >= 15 is 0 Å². The van der Waals surface area contributed by atoms with Crippen molar-refractivity contribution >= 4 is 17.4 Å². The van der Waals surface area contributed by atoms with Crippen molar-refractivity contribution < 1.29 is 67.3 Å². The van der Waals surface area contributed by atoms with Gasteiger partial charge in [0, 0.05) is 5.56 Å². The molecule has 0 spiro atoms. The monoisotopic (exact) mass is 443 g/mol. The molecule has 1 saturated heterocycles. The number of nitrogens with one attached hydrogen (secondary N) is 1. The van der Waals surface area contributed by atoms with Gasteiger partial charge in [-0.3, -0.25) is 0 Å². The van der Waals surface area contributed by atoms with Crippen LogP contribution in [0.2, 0.25) is 0 Å². The summed E-state index contributed by atoms with van der Waals surface area (Å²) in [6.45, 7) is 5.82. The number of benzene rings is 1. The molecule has 1 aromatic carbocycles. The van der Waals surface area contributed by atoms with E-state index in [0.717, 1.165) is 17.0 Å². The van der Waals surface area contributed by atoms with Gasteiger partial charge < -0.3 is 34.4 Å². The molecule has 1 aliphatic heterocycles. The van der Waals surface area contributed by atoms with Crippen molar-refractivity contribution in [2.75, 3.05) is 65.9 Å². The van der Waals surface area contributed by atoms with Gasteiger partial charge in [0.2, 0.25) is 0 Å². The largest absolute Gasteiger partial charge is 1.00 e. The van der Waals surface area contributed by atoms with Crippen LogP contribution in [-0.2, 0) is 25.5 Å². The Morgan fingerprint density at radius 3 is 1.62 bits per heavy atom. The first kappa shape index (κ1) is 28.5. The number of thiocarbonyl (C=S) groups is 1. The molecule has 0 amide bonds. The Labute approximate surface area is 197 Å². The van der Waals surface area contributed by atoms with Crippen LogP contribution in [0.15, 0.2) is 12.1 Å². The molecule has 158 valence electrons. The summed E-state index contributed by atoms with van der Waals surface area (Å²) in [6.07, 6.45) is 0. The molecule has 29 heavy (non-hydrogen) atoms. The van der Waals surface area contributed by atoms with E-state index in [4.69, 9.17) is 24.4 Å². The summed E-state index contributed by atoms with van der Waals surface area (Å²) < 4.78 is 48.8. The van der Waals surface area contributed by atoms with Gasteiger partial charge in [0.05, 0.1) is 52.9 Å². The van der Waals surface area contributed by atoms with Gasteiger partial charge in [-0.2, -0.15) is 5.16 Å². The Hall–Kier alpha value is -0.520. The van der Waals surface area contributed by atoms with Gasteiger partial charge >= 0.3 is 29.6 Å². The first-order valence-electron chi connectivity index (χ1n) is 8.91. The predicted octanol–water partition coefficient (Wildman–Crippen LogP) is -2.20. The van der Waals surface area contributed by atoms with E-state index in [0.29, 0.717) is 78.1 Å². The van der Waals surface area contributed by atoms with E-state index in [2.05, 4.69) is 12.2 Å². The molecule has 0 aliphatic carbocycles. The first-order valence-corrected chi connectivity index (χ1v) is 9.32. The number of ether oxygens (including phenoxy) is 4. The van der Waals surface area contributed by atoms with Crippen LogP contribution in [0.4, 0.5) is 8.78 Å². The minimum Gasteiger partial charge on any atom is -0.753 e. The summed E-state index contributed by atoms with van der Waals surface area (Å²) in [5.41, 5.74) is 0.479. The van der Waals surface area contributed by atoms with Crippen LogP contribution in [0.5, 0.6) is 5.75 Å². The second-order valence-corrected chi connectivity index (χ2v) is 6.06. The summed E-state index contributed by atoms with van der Waals surface area (Å²) in [5.74, 6) is -2.84. The summed E-state index contributed by atoms with van der Waals surface area (Å²) in [5, 5.41) is 17.7. The number of quaternary nitrogens is 1. The maximum absolute atomic E-state index is 13.5. The Kier molecular flexibility index (Phi) is 17.9. The second kappa shape index (κ2) is 18.3. The molecule has 11 heteroatoms. The number of halogens is 2. The van der Waals surface area contributed by atoms with Gasteiger partial charge in [0.15, 0.2) is 17.4 Å². The minimum absolute atomic E-state index is 0. The SMILES string of the molecule is Oc1c(F)cc(C[NH+]2CCOCCOCCOCCOCC2)cc1F.[N-]=C=S.[Na+]. The van der Waals surface area contributed by atoms with E-state index in [1.54, 1.807) is 0 Å². The normalized spacial score (nSPS) is 17.4. The average molecular weight is 443 g/mol. The molecule has 0 saturated carbocycles. The molecule has 2 N–H and O–H groups in total. The van der Waals surface area contributed by atoms with E-state index in [1.807, 2.05) is 0 Å². The predicted molar refractivity (Wildman–Crippen MR) is 102 cm³/mol. The number of phenols is 1. The van der Waals surface area contributed by atoms with Crippen LogP contribution in [0, 0.1) is 11.6 Å². The summed E-state index contributed by atoms with van der Waals surface area (Å²) in [4.78, 5) is 1.07. The maximum Gasteiger partial charge on any atom is 1.00 e. The second-order valence-electron chi connectivity index (χ2n) is 5.88. The Morgan fingerprint density at radius 1 is 0.897 bits per heavy atom. The van der Waals surface area contributed by atoms with E-state index in [9.17, 15) is 13.9 Å². The molecule has 0 radical (unpaired) electrons. The van der Waals surface area contributed by atoms with Gasteiger partial charge in [-0.25, -0.2) is 8.78 Å². The zero-order valence-electron chi connectivity index (χ0n) is 16.6. The van der Waals surface area contributed by atoms with Gasteiger partial charge in [-0.05, 0) is 12.1 Å². The summed E-state index contributed by atoms with van der Waals surface area (Å²) >= 11 is 3.70. The number of isothiocyanates is 1. The van der Waals surface area contributed by atoms with Crippen molar-refractivity contribution in [2.45, 2.75) is 6.54 Å². The fraction of sp³-hybridized carbons (Fsp3) is 0.611. The van der Waals surface area contributed by atoms with Crippen molar-refractivity contribution in [3.8, 4) is 5.75 Å². The molecule has 0 atom stereocenters. The van der Waals surface area contributed by atoms with Crippen LogP contribution in [0.25, 0.3) is 5.41 Å². The third-order valence-electron chi connectivity index (χ3n) is 3.85. The maximum atomic E-state index is 13.5. The fourth-order valence-corrected chi connectivity index (χ4v) is 2.51. The van der Waals surface area contributed by atoms with Crippen molar-refractivity contribution in [1.82, 2.24) is 0 Å². The standard InChI is InChI=1S/C17H25F2NO5.CNS.Na/c18-15-11-14(12-16(19)17(15)21)13-20-1-3-22-5-7-24-9-10-25-8-6-23-4-2-20;2-1-3;/h11-12,21H,1-10,13H2;;/q;-1;+1/p+1. The molecule has 1 aliphatic rings. The molecule has 1 heterocycles. The topological polar surface area (TPSA) is 83.9 Å². The van der Waals surface area contributed by atoms with Gasteiger partial charge in [-0.15, -0.1) is 0 Å². The molecule has 0 unspecified atom stereocenters. The van der Waals surface area contributed by atoms with Crippen molar-refractivity contribution in [1.29, 1.82) is 0 Å². The Balaban J connectivity index is 0.00000184. The third kappa shape index (κ3) is 13.4. The number of nitrogens with zero attached hydrogens (tertiary/aromatic N) is 1. The third-order valence-corrected chi connectivity index (χ3v) is 3.85. The van der Waals surface area contributed by atoms with Crippen LogP contribution in [0.1, 0.15) is 5.56 Å². The summed E-state index contributed by atoms with van der Waals surface area (Å²) in [7, 11) is 0. The number of hydrogen-bond acceptors (Lipinski definition) is 6. The molecule has 0 bridgehead atoms. The van der Waals surface area contributed by atoms with E-state index < -0.39 is 17.4 Å². The van der Waals surface area contributed by atoms with Crippen LogP contribution < -0.4 is 34.5 Å². The molecular formula is C18H26F2N2NaO5S+. The zero-order valence-corrected chi connectivity index (χ0v) is 19.4. The quantitative estimate of drug-likeness (QED) is 0.307. The van der Waals surface area contributed by atoms with E-state index in [-0.39, 0.29) is 29.6 Å². The minimum atomic E-state index is -0.950. The molecular weight excluding hydrogens is 417 g/mol. The van der Waals surface area contributed by atoms with E-state index in [1.165, 1.54) is 5.16 Å². The van der Waals surface area contributed by atoms with Crippen molar-refractivity contribution in [3.05, 3.63) is 34.7 Å². The fourth-order valence-electron chi connectivity index (χ4n) is 2.51. The van der Waals surface area contributed by atoms with Crippen LogP contribution >= 0.6 is 12.2 Å². The molecule has 0 aromatic heterocycles. The zero-order chi connectivity index (χ0) is 20.6. The van der Waals surface area contributed by atoms with Gasteiger partial charge in [0.25, 0.3) is 0 Å². The smallest absolute Gasteiger partial charge is 0.753 e. The molecule has 1 fully saturated rings. The number of aromatic hydroxyl groups is 1. The van der Waals surface area contributed by atoms with Crippen LogP contribution in [-0.4, -0.2) is 76.2 Å². The van der Waals surface area contributed by atoms with Gasteiger partial charge in [0.1, 0.15) is 19.6 Å². The average Bonchev–Trinajstić information content (AvgIpc) is 2.67. The summed E-state index contributed by atoms with van der Waals surface area (Å²) in [6, 6.07) is 2.31.